The number of hydrogen-bond donors (Lipinski definition) is 0. The minimum atomic E-state index is -4.53. The maximum absolute atomic E-state index is 12.7. The Morgan fingerprint density at radius 2 is 1.56 bits per heavy atom. The molecule has 3 aliphatic rings. The van der Waals surface area contributed by atoms with Crippen molar-refractivity contribution in [3.63, 3.8) is 0 Å². The molecule has 1 amide bonds. The third-order valence-corrected chi connectivity index (χ3v) is 7.63. The van der Waals surface area contributed by atoms with Gasteiger partial charge in [-0.3, -0.25) is 4.79 Å². The molecule has 1 saturated carbocycles. The fraction of sp³-hybridized carbons (Fsp3) is 0.933. The molecule has 0 atom stereocenters. The Hall–Kier alpha value is -0.870. The van der Waals surface area contributed by atoms with Gasteiger partial charge in [-0.05, 0) is 31.1 Å². The van der Waals surface area contributed by atoms with Crippen LogP contribution >= 0.6 is 0 Å². The topological polar surface area (TPSA) is 60.9 Å². The van der Waals surface area contributed by atoms with Crippen molar-refractivity contribution >= 4 is 16.1 Å². The summed E-state index contributed by atoms with van der Waals surface area (Å²) in [6, 6.07) is 0. The van der Waals surface area contributed by atoms with Crippen LogP contribution in [0, 0.1) is 5.41 Å². The Kier molecular flexibility index (Phi) is 5.06. The lowest BCUT2D eigenvalue weighted by Gasteiger charge is -2.44. The second-order valence-corrected chi connectivity index (χ2v) is 9.35. The van der Waals surface area contributed by atoms with Crippen molar-refractivity contribution in [2.75, 3.05) is 32.8 Å². The van der Waals surface area contributed by atoms with Crippen molar-refractivity contribution < 1.29 is 26.4 Å². The standard InChI is InChI=1S/C15H24F3N3O3S/c16-15(17,18)11-19-12-21(10-13(19)22)25(23,24)20-8-6-14(7-9-20)4-2-1-3-5-14/h1-12H2. The number of carbonyl (C=O) groups is 1. The number of nitrogens with zero attached hydrogens (tertiary/aromatic N) is 3. The molecule has 0 aromatic heterocycles. The molecule has 0 aromatic rings. The monoisotopic (exact) mass is 383 g/mol. The van der Waals surface area contributed by atoms with E-state index in [1.54, 1.807) is 0 Å². The molecule has 2 saturated heterocycles. The maximum Gasteiger partial charge on any atom is 0.406 e. The molecule has 2 aliphatic heterocycles. The number of carbonyl (C=O) groups excluding carboxylic acids is 1. The summed E-state index contributed by atoms with van der Waals surface area (Å²) in [6.07, 6.45) is 2.90. The smallest absolute Gasteiger partial charge is 0.318 e. The van der Waals surface area contributed by atoms with Crippen LogP contribution in [-0.4, -0.2) is 66.9 Å². The largest absolute Gasteiger partial charge is 0.406 e. The van der Waals surface area contributed by atoms with Gasteiger partial charge in [-0.2, -0.15) is 30.2 Å². The number of halogens is 3. The van der Waals surface area contributed by atoms with Crippen LogP contribution in [0.4, 0.5) is 13.2 Å². The minimum absolute atomic E-state index is 0.230. The van der Waals surface area contributed by atoms with Gasteiger partial charge in [0.15, 0.2) is 0 Å². The van der Waals surface area contributed by atoms with Gasteiger partial charge in [-0.15, -0.1) is 0 Å². The van der Waals surface area contributed by atoms with Crippen LogP contribution in [0.2, 0.25) is 0 Å². The van der Waals surface area contributed by atoms with Crippen LogP contribution in [0.3, 0.4) is 0 Å². The van der Waals surface area contributed by atoms with E-state index in [-0.39, 0.29) is 5.41 Å². The van der Waals surface area contributed by atoms with Crippen LogP contribution < -0.4 is 0 Å². The second kappa shape index (κ2) is 6.70. The number of piperidine rings is 1. The fourth-order valence-electron chi connectivity index (χ4n) is 4.24. The van der Waals surface area contributed by atoms with E-state index in [1.165, 1.54) is 23.6 Å². The molecule has 2 heterocycles. The van der Waals surface area contributed by atoms with Crippen molar-refractivity contribution in [3.05, 3.63) is 0 Å². The van der Waals surface area contributed by atoms with E-state index in [4.69, 9.17) is 0 Å². The first-order chi connectivity index (χ1) is 11.6. The van der Waals surface area contributed by atoms with E-state index in [1.807, 2.05) is 0 Å². The van der Waals surface area contributed by atoms with Crippen molar-refractivity contribution in [1.29, 1.82) is 0 Å². The quantitative estimate of drug-likeness (QED) is 0.748. The molecule has 0 radical (unpaired) electrons. The highest BCUT2D eigenvalue weighted by atomic mass is 32.2. The van der Waals surface area contributed by atoms with Gasteiger partial charge in [0, 0.05) is 13.1 Å². The first kappa shape index (κ1) is 18.9. The first-order valence-corrected chi connectivity index (χ1v) is 10.1. The van der Waals surface area contributed by atoms with Crippen LogP contribution in [0.5, 0.6) is 0 Å². The maximum atomic E-state index is 12.7. The van der Waals surface area contributed by atoms with Gasteiger partial charge in [0.1, 0.15) is 6.54 Å². The van der Waals surface area contributed by atoms with Gasteiger partial charge in [0.2, 0.25) is 5.91 Å². The zero-order valence-electron chi connectivity index (χ0n) is 14.1. The molecule has 10 heteroatoms. The molecule has 25 heavy (non-hydrogen) atoms. The summed E-state index contributed by atoms with van der Waals surface area (Å²) < 4.78 is 65.1. The molecule has 0 N–H and O–H groups in total. The van der Waals surface area contributed by atoms with E-state index in [0.29, 0.717) is 18.0 Å². The number of alkyl halides is 3. The molecular weight excluding hydrogens is 359 g/mol. The fourth-order valence-corrected chi connectivity index (χ4v) is 5.77. The average Bonchev–Trinajstić information content (AvgIpc) is 2.88. The van der Waals surface area contributed by atoms with Gasteiger partial charge < -0.3 is 4.90 Å². The summed E-state index contributed by atoms with van der Waals surface area (Å²) in [5.41, 5.74) is 0.230. The van der Waals surface area contributed by atoms with Crippen LogP contribution in [0.15, 0.2) is 0 Å². The number of amides is 1. The molecule has 1 spiro atoms. The van der Waals surface area contributed by atoms with Gasteiger partial charge >= 0.3 is 6.18 Å². The SMILES string of the molecule is O=C1CN(S(=O)(=O)N2CCC3(CCCCC3)CC2)CN1CC(F)(F)F. The summed E-state index contributed by atoms with van der Waals surface area (Å²) in [6.45, 7) is -1.69. The highest BCUT2D eigenvalue weighted by Gasteiger charge is 2.45. The number of hydrogen-bond acceptors (Lipinski definition) is 3. The molecule has 0 aromatic carbocycles. The Balaban J connectivity index is 1.62. The third-order valence-electron chi connectivity index (χ3n) is 5.71. The van der Waals surface area contributed by atoms with Crippen molar-refractivity contribution in [3.8, 4) is 0 Å². The molecular formula is C15H24F3N3O3S. The third kappa shape index (κ3) is 4.11. The van der Waals surface area contributed by atoms with E-state index in [2.05, 4.69) is 0 Å². The van der Waals surface area contributed by atoms with Crippen LogP contribution in [0.1, 0.15) is 44.9 Å². The zero-order chi connectivity index (χ0) is 18.3. The normalized spacial score (nSPS) is 26.5. The first-order valence-electron chi connectivity index (χ1n) is 8.71. The summed E-state index contributed by atoms with van der Waals surface area (Å²) in [4.78, 5) is 12.3. The Morgan fingerprint density at radius 1 is 0.960 bits per heavy atom. The van der Waals surface area contributed by atoms with E-state index < -0.39 is 42.1 Å². The molecule has 6 nitrogen and oxygen atoms in total. The Bertz CT molecular complexity index is 607. The highest BCUT2D eigenvalue weighted by molar-refractivity contribution is 7.86. The van der Waals surface area contributed by atoms with Crippen LogP contribution in [-0.2, 0) is 15.0 Å². The molecule has 0 unspecified atom stereocenters. The van der Waals surface area contributed by atoms with Crippen molar-refractivity contribution in [2.24, 2.45) is 5.41 Å². The van der Waals surface area contributed by atoms with E-state index in [0.717, 1.165) is 30.0 Å². The Labute approximate surface area is 146 Å². The van der Waals surface area contributed by atoms with E-state index >= 15 is 0 Å². The van der Waals surface area contributed by atoms with Crippen molar-refractivity contribution in [1.82, 2.24) is 13.5 Å². The lowest BCUT2D eigenvalue weighted by Crippen LogP contribution is -2.49. The summed E-state index contributed by atoms with van der Waals surface area (Å²) >= 11 is 0. The Morgan fingerprint density at radius 3 is 2.12 bits per heavy atom. The van der Waals surface area contributed by atoms with Crippen LogP contribution in [0.25, 0.3) is 0 Å². The zero-order valence-corrected chi connectivity index (χ0v) is 14.9. The predicted octanol–water partition coefficient (Wildman–Crippen LogP) is 1.94. The molecule has 3 fully saturated rings. The highest BCUT2D eigenvalue weighted by Crippen LogP contribution is 2.45. The molecule has 1 aliphatic carbocycles. The minimum Gasteiger partial charge on any atom is -0.318 e. The summed E-state index contributed by atoms with van der Waals surface area (Å²) in [7, 11) is -3.90. The van der Waals surface area contributed by atoms with E-state index in [9.17, 15) is 26.4 Å². The average molecular weight is 383 g/mol. The molecule has 0 bridgehead atoms. The number of rotatable bonds is 3. The second-order valence-electron chi connectivity index (χ2n) is 7.43. The lowest BCUT2D eigenvalue weighted by molar-refractivity contribution is -0.157. The summed E-state index contributed by atoms with van der Waals surface area (Å²) in [5, 5.41) is 0. The summed E-state index contributed by atoms with van der Waals surface area (Å²) in [5.74, 6) is -0.804. The van der Waals surface area contributed by atoms with Gasteiger partial charge in [0.05, 0.1) is 13.2 Å². The molecule has 144 valence electrons. The lowest BCUT2D eigenvalue weighted by atomic mass is 9.68. The van der Waals surface area contributed by atoms with Gasteiger partial charge in [-0.25, -0.2) is 0 Å². The van der Waals surface area contributed by atoms with Gasteiger partial charge in [0.25, 0.3) is 10.2 Å². The molecule has 3 rings (SSSR count). The van der Waals surface area contributed by atoms with Crippen molar-refractivity contribution in [2.45, 2.75) is 51.1 Å². The predicted molar refractivity (Wildman–Crippen MR) is 84.6 cm³/mol. The van der Waals surface area contributed by atoms with Gasteiger partial charge in [-0.1, -0.05) is 19.3 Å².